The molecule has 1 heterocycles. The third-order valence-electron chi connectivity index (χ3n) is 6.05. The fraction of sp³-hybridized carbons (Fsp3) is 0.478. The molecule has 132 valence electrons. The Labute approximate surface area is 151 Å². The van der Waals surface area contributed by atoms with Crippen LogP contribution in [0.1, 0.15) is 54.4 Å². The van der Waals surface area contributed by atoms with Gasteiger partial charge in [0.05, 0.1) is 0 Å². The minimum absolute atomic E-state index is 0.803. The largest absolute Gasteiger partial charge is 0.380 e. The summed E-state index contributed by atoms with van der Waals surface area (Å²) in [7, 11) is 0. The predicted octanol–water partition coefficient (Wildman–Crippen LogP) is 4.29. The molecular weight excluding hydrogens is 306 g/mol. The Hall–Kier alpha value is -1.64. The van der Waals surface area contributed by atoms with Crippen LogP contribution >= 0.6 is 0 Å². The Morgan fingerprint density at radius 2 is 1.36 bits per heavy atom. The van der Waals surface area contributed by atoms with Crippen molar-refractivity contribution in [2.45, 2.75) is 50.5 Å². The average Bonchev–Trinajstić information content (AvgIpc) is 2.79. The molecule has 2 heteroatoms. The lowest BCUT2D eigenvalue weighted by molar-refractivity contribution is 0.0632. The molecule has 1 aliphatic carbocycles. The van der Waals surface area contributed by atoms with E-state index < -0.39 is 5.60 Å². The van der Waals surface area contributed by atoms with Crippen LogP contribution in [0.5, 0.6) is 0 Å². The number of aliphatic hydroxyl groups is 1. The van der Waals surface area contributed by atoms with Crippen molar-refractivity contribution in [3.8, 4) is 0 Å². The van der Waals surface area contributed by atoms with E-state index in [1.807, 2.05) is 0 Å². The van der Waals surface area contributed by atoms with Gasteiger partial charge in [-0.15, -0.1) is 0 Å². The maximum atomic E-state index is 11.9. The molecule has 1 fully saturated rings. The van der Waals surface area contributed by atoms with E-state index in [0.29, 0.717) is 0 Å². The summed E-state index contributed by atoms with van der Waals surface area (Å²) in [4.78, 5) is 2.57. The minimum atomic E-state index is -0.848. The molecule has 2 nitrogen and oxygen atoms in total. The van der Waals surface area contributed by atoms with Gasteiger partial charge in [0.2, 0.25) is 0 Å². The Morgan fingerprint density at radius 3 is 1.96 bits per heavy atom. The zero-order valence-electron chi connectivity index (χ0n) is 15.1. The van der Waals surface area contributed by atoms with E-state index in [1.165, 1.54) is 43.5 Å². The highest BCUT2D eigenvalue weighted by molar-refractivity contribution is 5.47. The lowest BCUT2D eigenvalue weighted by atomic mass is 9.80. The molecule has 0 unspecified atom stereocenters. The van der Waals surface area contributed by atoms with Gasteiger partial charge in [0, 0.05) is 0 Å². The molecule has 0 saturated carbocycles. The molecule has 0 atom stereocenters. The van der Waals surface area contributed by atoms with E-state index >= 15 is 0 Å². The first-order valence-corrected chi connectivity index (χ1v) is 9.89. The fourth-order valence-electron chi connectivity index (χ4n) is 4.71. The zero-order chi connectivity index (χ0) is 17.1. The fourth-order valence-corrected chi connectivity index (χ4v) is 4.71. The first kappa shape index (κ1) is 16.8. The number of aryl methyl sites for hydroxylation is 2. The van der Waals surface area contributed by atoms with Gasteiger partial charge in [0.25, 0.3) is 0 Å². The second kappa shape index (κ2) is 7.31. The maximum absolute atomic E-state index is 11.9. The van der Waals surface area contributed by atoms with Crippen molar-refractivity contribution in [1.82, 2.24) is 4.90 Å². The summed E-state index contributed by atoms with van der Waals surface area (Å²) in [5, 5.41) is 11.9. The molecule has 0 amide bonds. The molecule has 1 N–H and O–H groups in total. The molecule has 0 spiro atoms. The average molecular weight is 335 g/mol. The first-order valence-electron chi connectivity index (χ1n) is 9.89. The topological polar surface area (TPSA) is 23.5 Å². The van der Waals surface area contributed by atoms with E-state index in [-0.39, 0.29) is 0 Å². The van der Waals surface area contributed by atoms with Gasteiger partial charge in [-0.25, -0.2) is 0 Å². The van der Waals surface area contributed by atoms with Crippen molar-refractivity contribution in [3.05, 3.63) is 70.8 Å². The van der Waals surface area contributed by atoms with Gasteiger partial charge < -0.3 is 10.0 Å². The normalized spacial score (nSPS) is 19.7. The van der Waals surface area contributed by atoms with Crippen molar-refractivity contribution in [2.24, 2.45) is 0 Å². The van der Waals surface area contributed by atoms with Gasteiger partial charge in [-0.2, -0.15) is 0 Å². The smallest absolute Gasteiger partial charge is 0.115 e. The van der Waals surface area contributed by atoms with Crippen molar-refractivity contribution in [2.75, 3.05) is 19.6 Å². The van der Waals surface area contributed by atoms with Crippen LogP contribution in [-0.2, 0) is 18.4 Å². The second-order valence-electron chi connectivity index (χ2n) is 7.68. The lowest BCUT2D eigenvalue weighted by Gasteiger charge is -2.33. The standard InChI is InChI=1S/C23H29NO/c25-23(15-8-18-24-16-6-1-7-17-24)21-11-4-2-9-19(21)13-14-20-10-3-5-12-22(20)23/h2-5,9-12,25H,1,6-8,13-18H2. The molecule has 1 saturated heterocycles. The summed E-state index contributed by atoms with van der Waals surface area (Å²) >= 11 is 0. The quantitative estimate of drug-likeness (QED) is 0.901. The molecule has 2 aromatic rings. The van der Waals surface area contributed by atoms with Gasteiger partial charge in [-0.3, -0.25) is 0 Å². The summed E-state index contributed by atoms with van der Waals surface area (Å²) in [6.07, 6.45) is 7.91. The second-order valence-corrected chi connectivity index (χ2v) is 7.68. The summed E-state index contributed by atoms with van der Waals surface area (Å²) in [6, 6.07) is 17.0. The molecule has 4 rings (SSSR count). The molecular formula is C23H29NO. The van der Waals surface area contributed by atoms with Gasteiger partial charge in [-0.1, -0.05) is 55.0 Å². The minimum Gasteiger partial charge on any atom is -0.380 e. The van der Waals surface area contributed by atoms with Crippen LogP contribution in [-0.4, -0.2) is 29.6 Å². The van der Waals surface area contributed by atoms with E-state index in [0.717, 1.165) is 43.4 Å². The van der Waals surface area contributed by atoms with Crippen LogP contribution in [0.15, 0.2) is 48.5 Å². The molecule has 0 bridgehead atoms. The highest BCUT2D eigenvalue weighted by atomic mass is 16.3. The van der Waals surface area contributed by atoms with Crippen LogP contribution < -0.4 is 0 Å². The monoisotopic (exact) mass is 335 g/mol. The van der Waals surface area contributed by atoms with Crippen molar-refractivity contribution < 1.29 is 5.11 Å². The Morgan fingerprint density at radius 1 is 0.800 bits per heavy atom. The molecule has 0 aromatic heterocycles. The maximum Gasteiger partial charge on any atom is 0.115 e. The number of likely N-dealkylation sites (tertiary alicyclic amines) is 1. The number of piperidine rings is 1. The highest BCUT2D eigenvalue weighted by Crippen LogP contribution is 2.40. The lowest BCUT2D eigenvalue weighted by Crippen LogP contribution is -2.33. The van der Waals surface area contributed by atoms with Crippen LogP contribution in [0.25, 0.3) is 0 Å². The third-order valence-corrected chi connectivity index (χ3v) is 6.05. The highest BCUT2D eigenvalue weighted by Gasteiger charge is 2.36. The summed E-state index contributed by atoms with van der Waals surface area (Å²) in [6.45, 7) is 3.56. The number of nitrogens with zero attached hydrogens (tertiary/aromatic N) is 1. The van der Waals surface area contributed by atoms with Crippen LogP contribution in [0.3, 0.4) is 0 Å². The summed E-state index contributed by atoms with van der Waals surface area (Å²) in [5.41, 5.74) is 4.01. The Bertz CT molecular complexity index is 670. The van der Waals surface area contributed by atoms with Crippen LogP contribution in [0, 0.1) is 0 Å². The number of fused-ring (bicyclic) bond motifs is 2. The predicted molar refractivity (Wildman–Crippen MR) is 103 cm³/mol. The van der Waals surface area contributed by atoms with E-state index in [1.54, 1.807) is 0 Å². The van der Waals surface area contributed by atoms with Gasteiger partial charge in [0.1, 0.15) is 5.60 Å². The number of rotatable bonds is 4. The van der Waals surface area contributed by atoms with E-state index in [2.05, 4.69) is 53.4 Å². The SMILES string of the molecule is OC1(CCCN2CCCCC2)c2ccccc2CCc2ccccc21. The van der Waals surface area contributed by atoms with Crippen LogP contribution in [0.2, 0.25) is 0 Å². The molecule has 2 aromatic carbocycles. The number of benzene rings is 2. The van der Waals surface area contributed by atoms with Gasteiger partial charge in [-0.05, 0) is 80.4 Å². The summed E-state index contributed by atoms with van der Waals surface area (Å²) in [5.74, 6) is 0. The Balaban J connectivity index is 1.61. The number of hydrogen-bond donors (Lipinski definition) is 1. The molecule has 2 aliphatic rings. The Kier molecular flexibility index (Phi) is 4.91. The third kappa shape index (κ3) is 3.38. The van der Waals surface area contributed by atoms with E-state index in [4.69, 9.17) is 0 Å². The summed E-state index contributed by atoms with van der Waals surface area (Å²) < 4.78 is 0. The van der Waals surface area contributed by atoms with Crippen molar-refractivity contribution in [1.29, 1.82) is 0 Å². The molecule has 0 radical (unpaired) electrons. The number of hydrogen-bond acceptors (Lipinski definition) is 2. The zero-order valence-corrected chi connectivity index (χ0v) is 15.1. The molecule has 1 aliphatic heterocycles. The first-order chi connectivity index (χ1) is 12.3. The molecule has 25 heavy (non-hydrogen) atoms. The van der Waals surface area contributed by atoms with Gasteiger partial charge in [0.15, 0.2) is 0 Å². The van der Waals surface area contributed by atoms with Crippen LogP contribution in [0.4, 0.5) is 0 Å². The van der Waals surface area contributed by atoms with E-state index in [9.17, 15) is 5.11 Å². The van der Waals surface area contributed by atoms with Crippen molar-refractivity contribution in [3.63, 3.8) is 0 Å². The van der Waals surface area contributed by atoms with Gasteiger partial charge >= 0.3 is 0 Å². The van der Waals surface area contributed by atoms with Crippen molar-refractivity contribution >= 4 is 0 Å².